The van der Waals surface area contributed by atoms with Crippen LogP contribution in [0.2, 0.25) is 0 Å². The second kappa shape index (κ2) is 6.38. The van der Waals surface area contributed by atoms with Gasteiger partial charge in [0.1, 0.15) is 11.4 Å². The molecular weight excluding hydrogens is 310 g/mol. The van der Waals surface area contributed by atoms with Gasteiger partial charge in [-0.1, -0.05) is 18.2 Å². The van der Waals surface area contributed by atoms with Gasteiger partial charge in [-0.15, -0.1) is 11.8 Å². The predicted molar refractivity (Wildman–Crippen MR) is 92.9 cm³/mol. The Bertz CT molecular complexity index is 856. The van der Waals surface area contributed by atoms with E-state index in [0.717, 1.165) is 27.2 Å². The van der Waals surface area contributed by atoms with Crippen molar-refractivity contribution < 1.29 is 14.3 Å². The van der Waals surface area contributed by atoms with Crippen molar-refractivity contribution in [2.75, 3.05) is 20.5 Å². The first kappa shape index (κ1) is 15.5. The van der Waals surface area contributed by atoms with E-state index in [1.54, 1.807) is 7.11 Å². The van der Waals surface area contributed by atoms with E-state index in [2.05, 4.69) is 0 Å². The Labute approximate surface area is 139 Å². The summed E-state index contributed by atoms with van der Waals surface area (Å²) in [6.07, 6.45) is 1.95. The van der Waals surface area contributed by atoms with E-state index in [-0.39, 0.29) is 5.97 Å². The maximum Gasteiger partial charge on any atom is 0.356 e. The van der Waals surface area contributed by atoms with Crippen LogP contribution in [0.3, 0.4) is 0 Å². The largest absolute Gasteiger partial charge is 0.497 e. The number of esters is 1. The van der Waals surface area contributed by atoms with Gasteiger partial charge in [-0.25, -0.2) is 4.79 Å². The Kier molecular flexibility index (Phi) is 4.30. The normalized spacial score (nSPS) is 10.7. The number of ether oxygens (including phenoxy) is 2. The van der Waals surface area contributed by atoms with Gasteiger partial charge in [-0.2, -0.15) is 0 Å². The van der Waals surface area contributed by atoms with Crippen LogP contribution >= 0.6 is 11.8 Å². The van der Waals surface area contributed by atoms with Gasteiger partial charge in [0.25, 0.3) is 0 Å². The van der Waals surface area contributed by atoms with Crippen molar-refractivity contribution in [2.24, 2.45) is 0 Å². The summed E-state index contributed by atoms with van der Waals surface area (Å²) >= 11 is 1.53. The summed E-state index contributed by atoms with van der Waals surface area (Å²) < 4.78 is 12.3. The zero-order valence-corrected chi connectivity index (χ0v) is 14.0. The zero-order chi connectivity index (χ0) is 16.4. The van der Waals surface area contributed by atoms with E-state index >= 15 is 0 Å². The molecule has 0 saturated heterocycles. The number of para-hydroxylation sites is 1. The smallest absolute Gasteiger partial charge is 0.356 e. The van der Waals surface area contributed by atoms with Crippen LogP contribution in [0, 0.1) is 0 Å². The summed E-state index contributed by atoms with van der Waals surface area (Å²) in [5, 5.41) is 0.973. The topological polar surface area (TPSA) is 40.5 Å². The molecule has 0 amide bonds. The number of aromatic nitrogens is 1. The highest BCUT2D eigenvalue weighted by Gasteiger charge is 2.24. The molecule has 0 saturated carbocycles. The van der Waals surface area contributed by atoms with Gasteiger partial charge in [0.2, 0.25) is 0 Å². The van der Waals surface area contributed by atoms with Crippen LogP contribution in [0.5, 0.6) is 5.75 Å². The Balaban J connectivity index is 2.42. The van der Waals surface area contributed by atoms with Gasteiger partial charge in [0.15, 0.2) is 0 Å². The number of nitrogens with zero attached hydrogens (tertiary/aromatic N) is 1. The van der Waals surface area contributed by atoms with Gasteiger partial charge in [0, 0.05) is 16.0 Å². The quantitative estimate of drug-likeness (QED) is 0.533. The number of hydrogen-bond donors (Lipinski definition) is 0. The van der Waals surface area contributed by atoms with Crippen LogP contribution in [0.1, 0.15) is 10.5 Å². The molecule has 0 aliphatic heterocycles. The first-order chi connectivity index (χ1) is 11.2. The number of benzene rings is 2. The average Bonchev–Trinajstić information content (AvgIpc) is 2.94. The van der Waals surface area contributed by atoms with Gasteiger partial charge < -0.3 is 14.0 Å². The molecule has 0 unspecified atom stereocenters. The summed E-state index contributed by atoms with van der Waals surface area (Å²) in [4.78, 5) is 13.3. The fraction of sp³-hybridized carbons (Fsp3) is 0.167. The van der Waals surface area contributed by atoms with E-state index in [9.17, 15) is 4.79 Å². The summed E-state index contributed by atoms with van der Waals surface area (Å²) in [5.74, 6) is 0.405. The standard InChI is InChI=1S/C18H17NO3S/c1-21-13-9-10-15-14(11-13)17(23-3)16(18(20)22-2)19(15)12-7-5-4-6-8-12/h4-11H,1-3H3. The SMILES string of the molecule is COC(=O)c1c(SC)c2cc(OC)ccc2n1-c1ccccc1. The van der Waals surface area contributed by atoms with Gasteiger partial charge in [-0.05, 0) is 36.6 Å². The maximum atomic E-state index is 12.4. The molecule has 2 aromatic carbocycles. The zero-order valence-electron chi connectivity index (χ0n) is 13.2. The van der Waals surface area contributed by atoms with Crippen molar-refractivity contribution >= 4 is 28.6 Å². The van der Waals surface area contributed by atoms with E-state index < -0.39 is 0 Å². The second-order valence-electron chi connectivity index (χ2n) is 4.93. The molecule has 5 heteroatoms. The third-order valence-electron chi connectivity index (χ3n) is 3.73. The highest BCUT2D eigenvalue weighted by Crippen LogP contribution is 2.37. The van der Waals surface area contributed by atoms with Crippen LogP contribution < -0.4 is 4.74 Å². The first-order valence-corrected chi connectivity index (χ1v) is 8.34. The number of rotatable bonds is 4. The van der Waals surface area contributed by atoms with Crippen LogP contribution in [0.4, 0.5) is 0 Å². The minimum absolute atomic E-state index is 0.353. The van der Waals surface area contributed by atoms with Crippen LogP contribution in [0.25, 0.3) is 16.6 Å². The van der Waals surface area contributed by atoms with Crippen LogP contribution in [0.15, 0.2) is 53.4 Å². The number of fused-ring (bicyclic) bond motifs is 1. The molecule has 0 aliphatic carbocycles. The minimum Gasteiger partial charge on any atom is -0.497 e. The molecular formula is C18H17NO3S. The lowest BCUT2D eigenvalue weighted by Gasteiger charge is -2.10. The third-order valence-corrected chi connectivity index (χ3v) is 4.55. The molecule has 0 spiro atoms. The number of carbonyl (C=O) groups excluding carboxylic acids is 1. The molecule has 3 rings (SSSR count). The summed E-state index contributed by atoms with van der Waals surface area (Å²) in [6.45, 7) is 0. The summed E-state index contributed by atoms with van der Waals surface area (Å²) in [6, 6.07) is 15.6. The van der Waals surface area contributed by atoms with Gasteiger partial charge in [-0.3, -0.25) is 0 Å². The van der Waals surface area contributed by atoms with Crippen molar-refractivity contribution in [1.82, 2.24) is 4.57 Å². The highest BCUT2D eigenvalue weighted by atomic mass is 32.2. The van der Waals surface area contributed by atoms with Crippen LogP contribution in [-0.4, -0.2) is 31.0 Å². The number of thioether (sulfide) groups is 1. The monoisotopic (exact) mass is 327 g/mol. The van der Waals surface area contributed by atoms with Crippen LogP contribution in [-0.2, 0) is 4.74 Å². The molecule has 0 bridgehead atoms. The van der Waals surface area contributed by atoms with E-state index in [4.69, 9.17) is 9.47 Å². The molecule has 4 nitrogen and oxygen atoms in total. The lowest BCUT2D eigenvalue weighted by molar-refractivity contribution is 0.0588. The fourth-order valence-corrected chi connectivity index (χ4v) is 3.45. The highest BCUT2D eigenvalue weighted by molar-refractivity contribution is 7.99. The Morgan fingerprint density at radius 2 is 1.83 bits per heavy atom. The average molecular weight is 327 g/mol. The molecule has 0 fully saturated rings. The summed E-state index contributed by atoms with van der Waals surface area (Å²) in [5.41, 5.74) is 2.40. The van der Waals surface area contributed by atoms with Crippen molar-refractivity contribution in [3.05, 3.63) is 54.2 Å². The molecule has 0 N–H and O–H groups in total. The molecule has 23 heavy (non-hydrogen) atoms. The van der Waals surface area contributed by atoms with E-state index in [1.807, 2.05) is 59.4 Å². The van der Waals surface area contributed by atoms with Crippen molar-refractivity contribution in [3.63, 3.8) is 0 Å². The lowest BCUT2D eigenvalue weighted by atomic mass is 10.2. The minimum atomic E-state index is -0.353. The lowest BCUT2D eigenvalue weighted by Crippen LogP contribution is -2.10. The second-order valence-corrected chi connectivity index (χ2v) is 5.74. The predicted octanol–water partition coefficient (Wildman–Crippen LogP) is 4.15. The Morgan fingerprint density at radius 3 is 2.43 bits per heavy atom. The number of methoxy groups -OCH3 is 2. The Hall–Kier alpha value is -2.40. The van der Waals surface area contributed by atoms with E-state index in [1.165, 1.54) is 18.9 Å². The molecule has 3 aromatic rings. The molecule has 1 heterocycles. The number of hydrogen-bond acceptors (Lipinski definition) is 4. The molecule has 1 aromatic heterocycles. The Morgan fingerprint density at radius 1 is 1.09 bits per heavy atom. The number of carbonyl (C=O) groups is 1. The third kappa shape index (κ3) is 2.57. The first-order valence-electron chi connectivity index (χ1n) is 7.11. The van der Waals surface area contributed by atoms with Crippen molar-refractivity contribution in [3.8, 4) is 11.4 Å². The molecule has 0 atom stereocenters. The van der Waals surface area contributed by atoms with Gasteiger partial charge >= 0.3 is 5.97 Å². The van der Waals surface area contributed by atoms with E-state index in [0.29, 0.717) is 5.69 Å². The summed E-state index contributed by atoms with van der Waals surface area (Å²) in [7, 11) is 3.04. The fourth-order valence-electron chi connectivity index (χ4n) is 2.70. The van der Waals surface area contributed by atoms with Crippen molar-refractivity contribution in [1.29, 1.82) is 0 Å². The molecule has 118 valence electrons. The maximum absolute atomic E-state index is 12.4. The molecule has 0 aliphatic rings. The molecule has 0 radical (unpaired) electrons. The van der Waals surface area contributed by atoms with Gasteiger partial charge in [0.05, 0.1) is 19.7 Å². The van der Waals surface area contributed by atoms with Crippen molar-refractivity contribution in [2.45, 2.75) is 4.90 Å².